The minimum Gasteiger partial charge on any atom is -0.396 e. The number of ketones is 1. The molecule has 0 aromatic rings. The maximum absolute atomic E-state index is 10.9. The minimum atomic E-state index is -0.334. The lowest BCUT2D eigenvalue weighted by atomic mass is 10.0. The van der Waals surface area contributed by atoms with E-state index < -0.39 is 0 Å². The van der Waals surface area contributed by atoms with Gasteiger partial charge in [-0.05, 0) is 12.5 Å². The SMILES string of the molecule is C=C(C)C(=O)CC(CO)CO. The molecule has 0 fully saturated rings. The zero-order valence-electron chi connectivity index (χ0n) is 6.71. The van der Waals surface area contributed by atoms with E-state index in [2.05, 4.69) is 6.58 Å². The van der Waals surface area contributed by atoms with Crippen LogP contribution in [-0.2, 0) is 4.79 Å². The highest BCUT2D eigenvalue weighted by Crippen LogP contribution is 2.05. The molecule has 0 aliphatic rings. The number of hydrogen-bond acceptors (Lipinski definition) is 3. The van der Waals surface area contributed by atoms with Crippen molar-refractivity contribution < 1.29 is 15.0 Å². The van der Waals surface area contributed by atoms with Gasteiger partial charge in [-0.3, -0.25) is 4.79 Å². The largest absolute Gasteiger partial charge is 0.396 e. The summed E-state index contributed by atoms with van der Waals surface area (Å²) < 4.78 is 0. The third-order valence-corrected chi connectivity index (χ3v) is 1.47. The lowest BCUT2D eigenvalue weighted by molar-refractivity contribution is -0.117. The van der Waals surface area contributed by atoms with Crippen molar-refractivity contribution in [2.45, 2.75) is 13.3 Å². The summed E-state index contributed by atoms with van der Waals surface area (Å²) in [5.41, 5.74) is 0.469. The van der Waals surface area contributed by atoms with Gasteiger partial charge in [0, 0.05) is 25.6 Å². The Balaban J connectivity index is 3.81. The Morgan fingerprint density at radius 2 is 1.91 bits per heavy atom. The van der Waals surface area contributed by atoms with E-state index in [-0.39, 0.29) is 31.3 Å². The summed E-state index contributed by atoms with van der Waals surface area (Å²) in [5.74, 6) is -0.433. The van der Waals surface area contributed by atoms with E-state index in [0.29, 0.717) is 5.57 Å². The normalized spacial score (nSPS) is 10.2. The molecule has 0 aliphatic heterocycles. The molecule has 2 N–H and O–H groups in total. The zero-order valence-corrected chi connectivity index (χ0v) is 6.71. The monoisotopic (exact) mass is 158 g/mol. The zero-order chi connectivity index (χ0) is 8.85. The van der Waals surface area contributed by atoms with Crippen LogP contribution in [0.2, 0.25) is 0 Å². The van der Waals surface area contributed by atoms with E-state index in [1.165, 1.54) is 0 Å². The highest BCUT2D eigenvalue weighted by Gasteiger charge is 2.11. The number of carbonyl (C=O) groups excluding carboxylic acids is 1. The molecule has 3 nitrogen and oxygen atoms in total. The van der Waals surface area contributed by atoms with Gasteiger partial charge in [0.25, 0.3) is 0 Å². The van der Waals surface area contributed by atoms with Crippen LogP contribution in [0.3, 0.4) is 0 Å². The highest BCUT2D eigenvalue weighted by molar-refractivity contribution is 5.94. The van der Waals surface area contributed by atoms with Crippen molar-refractivity contribution in [3.8, 4) is 0 Å². The van der Waals surface area contributed by atoms with Gasteiger partial charge in [0.1, 0.15) is 0 Å². The molecule has 0 aromatic carbocycles. The molecule has 0 spiro atoms. The molecular weight excluding hydrogens is 144 g/mol. The Labute approximate surface area is 66.4 Å². The third-order valence-electron chi connectivity index (χ3n) is 1.47. The van der Waals surface area contributed by atoms with Crippen molar-refractivity contribution >= 4 is 5.78 Å². The quantitative estimate of drug-likeness (QED) is 0.559. The summed E-state index contributed by atoms with van der Waals surface area (Å²) in [5, 5.41) is 17.2. The van der Waals surface area contributed by atoms with Gasteiger partial charge >= 0.3 is 0 Å². The van der Waals surface area contributed by atoms with Crippen LogP contribution < -0.4 is 0 Å². The Morgan fingerprint density at radius 3 is 2.18 bits per heavy atom. The Hall–Kier alpha value is -0.670. The van der Waals surface area contributed by atoms with E-state index in [9.17, 15) is 4.79 Å². The molecule has 0 saturated carbocycles. The number of hydrogen-bond donors (Lipinski definition) is 2. The number of Topliss-reactive ketones (excluding diaryl/α,β-unsaturated/α-hetero) is 1. The standard InChI is InChI=1S/C8H14O3/c1-6(2)8(11)3-7(4-9)5-10/h7,9-10H,1,3-5H2,2H3. The molecule has 0 unspecified atom stereocenters. The molecule has 11 heavy (non-hydrogen) atoms. The van der Waals surface area contributed by atoms with Crippen LogP contribution in [0.1, 0.15) is 13.3 Å². The second-order valence-electron chi connectivity index (χ2n) is 2.64. The summed E-state index contributed by atoms with van der Waals surface area (Å²) in [6, 6.07) is 0. The van der Waals surface area contributed by atoms with Crippen LogP contribution >= 0.6 is 0 Å². The molecule has 0 bridgehead atoms. The topological polar surface area (TPSA) is 57.5 Å². The predicted molar refractivity (Wildman–Crippen MR) is 42.1 cm³/mol. The van der Waals surface area contributed by atoms with Crippen molar-refractivity contribution in [1.82, 2.24) is 0 Å². The Morgan fingerprint density at radius 1 is 1.45 bits per heavy atom. The van der Waals surface area contributed by atoms with Crippen molar-refractivity contribution in [1.29, 1.82) is 0 Å². The van der Waals surface area contributed by atoms with Crippen LogP contribution in [-0.4, -0.2) is 29.2 Å². The summed E-state index contributed by atoms with van der Waals surface area (Å²) in [7, 11) is 0. The molecule has 0 heterocycles. The summed E-state index contributed by atoms with van der Waals surface area (Å²) >= 11 is 0. The summed E-state index contributed by atoms with van der Waals surface area (Å²) in [6.45, 7) is 4.77. The van der Waals surface area contributed by atoms with Gasteiger partial charge in [0.2, 0.25) is 0 Å². The molecule has 0 radical (unpaired) electrons. The second kappa shape index (κ2) is 5.04. The van der Waals surface area contributed by atoms with Gasteiger partial charge < -0.3 is 10.2 Å². The molecule has 0 amide bonds. The first-order valence-electron chi connectivity index (χ1n) is 3.52. The second-order valence-corrected chi connectivity index (χ2v) is 2.64. The Kier molecular flexibility index (Phi) is 4.74. The maximum atomic E-state index is 10.9. The number of rotatable bonds is 5. The lowest BCUT2D eigenvalue weighted by Gasteiger charge is -2.08. The fourth-order valence-corrected chi connectivity index (χ4v) is 0.623. The number of aliphatic hydroxyl groups excluding tert-OH is 2. The maximum Gasteiger partial charge on any atom is 0.158 e. The Bertz CT molecular complexity index is 147. The molecule has 3 heteroatoms. The molecular formula is C8H14O3. The van der Waals surface area contributed by atoms with Gasteiger partial charge in [-0.25, -0.2) is 0 Å². The van der Waals surface area contributed by atoms with Crippen molar-refractivity contribution in [3.05, 3.63) is 12.2 Å². The first kappa shape index (κ1) is 10.3. The van der Waals surface area contributed by atoms with Crippen molar-refractivity contribution in [2.75, 3.05) is 13.2 Å². The van der Waals surface area contributed by atoms with E-state index >= 15 is 0 Å². The lowest BCUT2D eigenvalue weighted by Crippen LogP contribution is -2.16. The first-order valence-corrected chi connectivity index (χ1v) is 3.52. The van der Waals surface area contributed by atoms with E-state index in [1.807, 2.05) is 0 Å². The summed E-state index contributed by atoms with van der Waals surface area (Å²) in [6.07, 6.45) is 0.183. The van der Waals surface area contributed by atoms with Gasteiger partial charge in [-0.2, -0.15) is 0 Å². The van der Waals surface area contributed by atoms with Gasteiger partial charge in [-0.15, -0.1) is 0 Å². The predicted octanol–water partition coefficient (Wildman–Crippen LogP) is 0.122. The number of aliphatic hydroxyl groups is 2. The van der Waals surface area contributed by atoms with Crippen LogP contribution in [0.5, 0.6) is 0 Å². The number of allylic oxidation sites excluding steroid dienone is 1. The molecule has 64 valence electrons. The third kappa shape index (κ3) is 3.91. The first-order chi connectivity index (χ1) is 5.11. The highest BCUT2D eigenvalue weighted by atomic mass is 16.3. The summed E-state index contributed by atoms with van der Waals surface area (Å²) in [4.78, 5) is 10.9. The molecule has 0 aliphatic carbocycles. The number of carbonyl (C=O) groups is 1. The smallest absolute Gasteiger partial charge is 0.158 e. The van der Waals surface area contributed by atoms with Gasteiger partial charge in [0.05, 0.1) is 0 Å². The van der Waals surface area contributed by atoms with Crippen molar-refractivity contribution in [3.63, 3.8) is 0 Å². The molecule has 0 rings (SSSR count). The minimum absolute atomic E-state index is 0.0990. The van der Waals surface area contributed by atoms with Gasteiger partial charge in [-0.1, -0.05) is 6.58 Å². The van der Waals surface area contributed by atoms with Gasteiger partial charge in [0.15, 0.2) is 5.78 Å². The van der Waals surface area contributed by atoms with E-state index in [1.54, 1.807) is 6.92 Å². The average molecular weight is 158 g/mol. The van der Waals surface area contributed by atoms with Crippen LogP contribution in [0, 0.1) is 5.92 Å². The van der Waals surface area contributed by atoms with Crippen molar-refractivity contribution in [2.24, 2.45) is 5.92 Å². The van der Waals surface area contributed by atoms with Crippen LogP contribution in [0.25, 0.3) is 0 Å². The molecule has 0 saturated heterocycles. The fraction of sp³-hybridized carbons (Fsp3) is 0.625. The van der Waals surface area contributed by atoms with Crippen LogP contribution in [0.4, 0.5) is 0 Å². The average Bonchev–Trinajstić information content (AvgIpc) is 1.99. The fourth-order valence-electron chi connectivity index (χ4n) is 0.623. The van der Waals surface area contributed by atoms with E-state index in [0.717, 1.165) is 0 Å². The molecule has 0 aromatic heterocycles. The van der Waals surface area contributed by atoms with E-state index in [4.69, 9.17) is 10.2 Å². The van der Waals surface area contributed by atoms with Crippen LogP contribution in [0.15, 0.2) is 12.2 Å². The molecule has 0 atom stereocenters.